The average Bonchev–Trinajstić information content (AvgIpc) is 2.82. The van der Waals surface area contributed by atoms with E-state index in [1.165, 1.54) is 0 Å². The van der Waals surface area contributed by atoms with E-state index in [-0.39, 0.29) is 23.9 Å². The van der Waals surface area contributed by atoms with Crippen molar-refractivity contribution in [3.8, 4) is 0 Å². The van der Waals surface area contributed by atoms with Gasteiger partial charge in [0.05, 0.1) is 12.7 Å². The first-order chi connectivity index (χ1) is 11.7. The lowest BCUT2D eigenvalue weighted by atomic mass is 9.82. The van der Waals surface area contributed by atoms with Crippen LogP contribution in [0.25, 0.3) is 0 Å². The molecule has 6 heteroatoms. The van der Waals surface area contributed by atoms with Crippen LogP contribution in [-0.2, 0) is 9.57 Å². The van der Waals surface area contributed by atoms with Crippen molar-refractivity contribution in [1.82, 2.24) is 5.32 Å². The molecule has 0 radical (unpaired) electrons. The second-order valence-electron chi connectivity index (χ2n) is 6.41. The van der Waals surface area contributed by atoms with Gasteiger partial charge in [-0.15, -0.1) is 0 Å². The molecule has 0 aromatic heterocycles. The van der Waals surface area contributed by atoms with Crippen molar-refractivity contribution < 1.29 is 9.57 Å². The molecule has 25 heavy (non-hydrogen) atoms. The summed E-state index contributed by atoms with van der Waals surface area (Å²) in [7, 11) is 1.65. The fraction of sp³-hybridized carbons (Fsp3) is 0.474. The first kappa shape index (κ1) is 21.5. The molecule has 140 valence electrons. The number of ether oxygens (including phenoxy) is 1. The molecule has 0 saturated heterocycles. The molecule has 4 unspecified atom stereocenters. The lowest BCUT2D eigenvalue weighted by molar-refractivity contribution is 0.0249. The Hall–Kier alpha value is -1.53. The zero-order chi connectivity index (χ0) is 19.1. The smallest absolute Gasteiger partial charge is 0.106 e. The molecule has 0 amide bonds. The topological polar surface area (TPSA) is 82.5 Å². The number of hydrogen-bond donors (Lipinski definition) is 3. The number of nitrogens with one attached hydrogen (secondary N) is 1. The molecule has 5 nitrogen and oxygen atoms in total. The number of allylic oxidation sites excluding steroid dienone is 3. The van der Waals surface area contributed by atoms with Crippen molar-refractivity contribution >= 4 is 11.6 Å². The molecule has 0 aromatic rings. The van der Waals surface area contributed by atoms with E-state index in [0.717, 1.165) is 16.8 Å². The summed E-state index contributed by atoms with van der Waals surface area (Å²) in [5.74, 6) is 6.02. The van der Waals surface area contributed by atoms with Gasteiger partial charge in [0.15, 0.2) is 0 Å². The summed E-state index contributed by atoms with van der Waals surface area (Å²) >= 11 is 6.16. The van der Waals surface area contributed by atoms with Crippen LogP contribution in [0.2, 0.25) is 0 Å². The third-order valence-corrected chi connectivity index (χ3v) is 4.60. The first-order valence-corrected chi connectivity index (χ1v) is 8.62. The number of halogens is 1. The van der Waals surface area contributed by atoms with Crippen LogP contribution >= 0.6 is 11.6 Å². The van der Waals surface area contributed by atoms with Gasteiger partial charge in [-0.3, -0.25) is 0 Å². The van der Waals surface area contributed by atoms with E-state index in [9.17, 15) is 0 Å². The molecule has 1 heterocycles. The van der Waals surface area contributed by atoms with Gasteiger partial charge in [-0.2, -0.15) is 0 Å². The van der Waals surface area contributed by atoms with Crippen LogP contribution in [0, 0.1) is 17.8 Å². The highest BCUT2D eigenvalue weighted by Crippen LogP contribution is 2.36. The predicted octanol–water partition coefficient (Wildman–Crippen LogP) is 3.32. The Balaban J connectivity index is 3.17. The zero-order valence-corrected chi connectivity index (χ0v) is 16.3. The van der Waals surface area contributed by atoms with E-state index in [1.807, 2.05) is 26.0 Å². The van der Waals surface area contributed by atoms with Crippen molar-refractivity contribution in [3.63, 3.8) is 0 Å². The van der Waals surface area contributed by atoms with Crippen LogP contribution in [0.5, 0.6) is 0 Å². The third kappa shape index (κ3) is 5.47. The van der Waals surface area contributed by atoms with Gasteiger partial charge in [0.1, 0.15) is 5.82 Å². The molecule has 4 atom stereocenters. The molecule has 1 aliphatic rings. The van der Waals surface area contributed by atoms with Gasteiger partial charge in [-0.1, -0.05) is 55.5 Å². The van der Waals surface area contributed by atoms with Gasteiger partial charge >= 0.3 is 0 Å². The zero-order valence-electron chi connectivity index (χ0n) is 15.5. The summed E-state index contributed by atoms with van der Waals surface area (Å²) in [4.78, 5) is 5.03. The Kier molecular flexibility index (Phi) is 8.45. The number of rotatable bonds is 9. The molecule has 1 rings (SSSR count). The van der Waals surface area contributed by atoms with Crippen LogP contribution in [0.3, 0.4) is 0 Å². The highest BCUT2D eigenvalue weighted by molar-refractivity contribution is 6.31. The predicted molar refractivity (Wildman–Crippen MR) is 104 cm³/mol. The maximum Gasteiger partial charge on any atom is 0.106 e. The van der Waals surface area contributed by atoms with Crippen molar-refractivity contribution in [2.45, 2.75) is 26.9 Å². The van der Waals surface area contributed by atoms with Crippen molar-refractivity contribution in [1.29, 1.82) is 0 Å². The van der Waals surface area contributed by atoms with Crippen molar-refractivity contribution in [3.05, 3.63) is 59.1 Å². The number of hydrogen-bond acceptors (Lipinski definition) is 5. The maximum atomic E-state index is 6.16. The van der Waals surface area contributed by atoms with E-state index < -0.39 is 0 Å². The van der Waals surface area contributed by atoms with Crippen molar-refractivity contribution in [2.24, 2.45) is 29.4 Å². The van der Waals surface area contributed by atoms with Gasteiger partial charge < -0.3 is 20.6 Å². The summed E-state index contributed by atoms with van der Waals surface area (Å²) in [6, 6.07) is 0. The van der Waals surface area contributed by atoms with E-state index in [0.29, 0.717) is 17.5 Å². The molecule has 0 aromatic carbocycles. The second kappa shape index (κ2) is 9.82. The molecular formula is C19H30ClN3O2. The molecule has 0 bridgehead atoms. The lowest BCUT2D eigenvalue weighted by Crippen LogP contribution is -2.29. The minimum absolute atomic E-state index is 0.0763. The van der Waals surface area contributed by atoms with Crippen LogP contribution < -0.4 is 16.9 Å². The fourth-order valence-electron chi connectivity index (χ4n) is 3.32. The summed E-state index contributed by atoms with van der Waals surface area (Å²) < 4.78 is 5.08. The summed E-state index contributed by atoms with van der Waals surface area (Å²) in [6.45, 7) is 14.4. The Labute approximate surface area is 156 Å². The molecular weight excluding hydrogens is 338 g/mol. The summed E-state index contributed by atoms with van der Waals surface area (Å²) in [5, 5.41) is 3.64. The van der Waals surface area contributed by atoms with Gasteiger partial charge in [0.25, 0.3) is 0 Å². The number of nitrogens with two attached hydrogens (primary N) is 2. The quantitative estimate of drug-likeness (QED) is 0.430. The van der Waals surface area contributed by atoms with E-state index >= 15 is 0 Å². The van der Waals surface area contributed by atoms with Gasteiger partial charge in [0, 0.05) is 35.2 Å². The number of methoxy groups -OCH3 is 1. The second-order valence-corrected chi connectivity index (χ2v) is 6.87. The van der Waals surface area contributed by atoms with Crippen LogP contribution in [0.15, 0.2) is 59.1 Å². The van der Waals surface area contributed by atoms with Crippen molar-refractivity contribution in [2.75, 3.05) is 13.7 Å². The van der Waals surface area contributed by atoms with Crippen LogP contribution in [0.4, 0.5) is 0 Å². The molecule has 5 N–H and O–H groups in total. The summed E-state index contributed by atoms with van der Waals surface area (Å²) in [6.07, 6.45) is 5.92. The molecule has 0 saturated carbocycles. The van der Waals surface area contributed by atoms with Gasteiger partial charge in [-0.05, 0) is 19.8 Å². The average molecular weight is 368 g/mol. The van der Waals surface area contributed by atoms with Gasteiger partial charge in [-0.25, -0.2) is 5.90 Å². The summed E-state index contributed by atoms with van der Waals surface area (Å²) in [5.41, 5.74) is 8.86. The van der Waals surface area contributed by atoms with Gasteiger partial charge in [0.2, 0.25) is 0 Å². The standard InChI is InChI=1S/C19H30ClN3O2/c1-11(2)17(14(5)25-22)12(3)10-16-15(8-7-9-24-6)18(13(4)20)19(21)23-16/h7-8,10,12,14-15,17,23H,1,4,9,21-22H2,2-3,5-6H3/b8-7+,16-10+. The fourth-order valence-corrected chi connectivity index (χ4v) is 3.54. The largest absolute Gasteiger partial charge is 0.385 e. The lowest BCUT2D eigenvalue weighted by Gasteiger charge is -2.27. The Morgan fingerprint density at radius 3 is 2.52 bits per heavy atom. The molecule has 0 spiro atoms. The molecule has 1 aliphatic heterocycles. The van der Waals surface area contributed by atoms with Crippen LogP contribution in [0.1, 0.15) is 20.8 Å². The Morgan fingerprint density at radius 2 is 2.04 bits per heavy atom. The monoisotopic (exact) mass is 367 g/mol. The molecule has 0 fully saturated rings. The highest BCUT2D eigenvalue weighted by atomic mass is 35.5. The van der Waals surface area contributed by atoms with E-state index in [1.54, 1.807) is 7.11 Å². The minimum Gasteiger partial charge on any atom is -0.385 e. The SMILES string of the molecule is C=C(Cl)C1=C(N)N/C(=C/C(C)C(C(=C)C)C(C)ON)C1/C=C/COC. The maximum absolute atomic E-state index is 6.16. The van der Waals surface area contributed by atoms with E-state index in [4.69, 9.17) is 32.8 Å². The Morgan fingerprint density at radius 1 is 1.40 bits per heavy atom. The van der Waals surface area contributed by atoms with Crippen LogP contribution in [-0.4, -0.2) is 19.8 Å². The third-order valence-electron chi connectivity index (χ3n) is 4.40. The van der Waals surface area contributed by atoms with E-state index in [2.05, 4.69) is 31.5 Å². The highest BCUT2D eigenvalue weighted by Gasteiger charge is 2.30. The minimum atomic E-state index is -0.152. The normalized spacial score (nSPS) is 23.0. The Bertz CT molecular complexity index is 595. The molecule has 0 aliphatic carbocycles. The first-order valence-electron chi connectivity index (χ1n) is 8.24.